The Morgan fingerprint density at radius 3 is 2.20 bits per heavy atom. The molecule has 0 aliphatic rings. The van der Waals surface area contributed by atoms with E-state index in [1.54, 1.807) is 0 Å². The summed E-state index contributed by atoms with van der Waals surface area (Å²) >= 11 is 6.44. The summed E-state index contributed by atoms with van der Waals surface area (Å²) in [4.78, 5) is 0. The minimum absolute atomic E-state index is 0.132. The maximum absolute atomic E-state index is 6.44. The summed E-state index contributed by atoms with van der Waals surface area (Å²) in [5.41, 5.74) is 6.25. The predicted octanol–water partition coefficient (Wildman–Crippen LogP) is 4.83. The van der Waals surface area contributed by atoms with E-state index in [0.717, 1.165) is 17.0 Å². The molecule has 0 spiro atoms. The first-order chi connectivity index (χ1) is 9.56. The zero-order chi connectivity index (χ0) is 14.7. The third-order valence-electron chi connectivity index (χ3n) is 3.93. The molecule has 2 aromatic carbocycles. The zero-order valence-corrected chi connectivity index (χ0v) is 13.4. The maximum Gasteiger partial charge on any atom is 0.0589 e. The van der Waals surface area contributed by atoms with Gasteiger partial charge in [-0.15, -0.1) is 0 Å². The van der Waals surface area contributed by atoms with Gasteiger partial charge >= 0.3 is 0 Å². The fourth-order valence-corrected chi connectivity index (χ4v) is 2.80. The molecule has 2 rings (SSSR count). The van der Waals surface area contributed by atoms with Crippen molar-refractivity contribution in [2.45, 2.75) is 33.2 Å². The molecule has 0 aliphatic heterocycles. The Hall–Kier alpha value is -1.31. The highest BCUT2D eigenvalue weighted by molar-refractivity contribution is 6.31. The van der Waals surface area contributed by atoms with Crippen LogP contribution in [0.3, 0.4) is 0 Å². The molecular formula is C18H22ClN. The van der Waals surface area contributed by atoms with Crippen molar-refractivity contribution in [3.8, 4) is 0 Å². The van der Waals surface area contributed by atoms with Crippen LogP contribution in [0.25, 0.3) is 0 Å². The van der Waals surface area contributed by atoms with Gasteiger partial charge in [-0.05, 0) is 61.2 Å². The van der Waals surface area contributed by atoms with Crippen molar-refractivity contribution in [1.82, 2.24) is 5.32 Å². The van der Waals surface area contributed by atoms with Crippen molar-refractivity contribution in [3.05, 3.63) is 69.2 Å². The first-order valence-electron chi connectivity index (χ1n) is 7.09. The van der Waals surface area contributed by atoms with Crippen molar-refractivity contribution in [2.24, 2.45) is 0 Å². The number of hydrogen-bond donors (Lipinski definition) is 1. The highest BCUT2D eigenvalue weighted by atomic mass is 35.5. The third-order valence-corrected chi connectivity index (χ3v) is 4.26. The van der Waals surface area contributed by atoms with Gasteiger partial charge in [0.2, 0.25) is 0 Å². The largest absolute Gasteiger partial charge is 0.309 e. The molecule has 1 nitrogen and oxygen atoms in total. The summed E-state index contributed by atoms with van der Waals surface area (Å²) in [5.74, 6) is 0. The molecule has 106 valence electrons. The van der Waals surface area contributed by atoms with Crippen molar-refractivity contribution in [1.29, 1.82) is 0 Å². The second-order valence-corrected chi connectivity index (χ2v) is 5.68. The van der Waals surface area contributed by atoms with Gasteiger partial charge in [-0.1, -0.05) is 48.9 Å². The average molecular weight is 288 g/mol. The summed E-state index contributed by atoms with van der Waals surface area (Å²) in [5, 5.41) is 4.20. The van der Waals surface area contributed by atoms with E-state index >= 15 is 0 Å². The van der Waals surface area contributed by atoms with Crippen LogP contribution in [-0.2, 0) is 6.42 Å². The molecule has 0 saturated heterocycles. The minimum Gasteiger partial charge on any atom is -0.309 e. The summed E-state index contributed by atoms with van der Waals surface area (Å²) < 4.78 is 0. The summed E-state index contributed by atoms with van der Waals surface area (Å²) in [6, 6.07) is 13.1. The maximum atomic E-state index is 6.44. The molecule has 0 aromatic heterocycles. The molecule has 0 amide bonds. The Kier molecular flexibility index (Phi) is 4.85. The monoisotopic (exact) mass is 287 g/mol. The van der Waals surface area contributed by atoms with Crippen molar-refractivity contribution < 1.29 is 0 Å². The Morgan fingerprint density at radius 2 is 1.65 bits per heavy atom. The molecule has 0 saturated carbocycles. The molecular weight excluding hydrogens is 266 g/mol. The van der Waals surface area contributed by atoms with E-state index in [4.69, 9.17) is 11.6 Å². The molecule has 2 aromatic rings. The molecule has 0 heterocycles. The normalized spacial score (nSPS) is 12.4. The Morgan fingerprint density at radius 1 is 1.05 bits per heavy atom. The van der Waals surface area contributed by atoms with Gasteiger partial charge in [0.05, 0.1) is 6.04 Å². The first-order valence-corrected chi connectivity index (χ1v) is 7.47. The predicted molar refractivity (Wildman–Crippen MR) is 87.6 cm³/mol. The number of hydrogen-bond acceptors (Lipinski definition) is 1. The average Bonchev–Trinajstić information content (AvgIpc) is 2.46. The van der Waals surface area contributed by atoms with E-state index in [9.17, 15) is 0 Å². The second kappa shape index (κ2) is 6.43. The van der Waals surface area contributed by atoms with Crippen LogP contribution in [0.5, 0.6) is 0 Å². The summed E-state index contributed by atoms with van der Waals surface area (Å²) in [6.45, 7) is 6.39. The van der Waals surface area contributed by atoms with E-state index in [-0.39, 0.29) is 6.04 Å². The topological polar surface area (TPSA) is 12.0 Å². The lowest BCUT2D eigenvalue weighted by Gasteiger charge is -2.20. The van der Waals surface area contributed by atoms with Crippen LogP contribution >= 0.6 is 11.6 Å². The van der Waals surface area contributed by atoms with Crippen molar-refractivity contribution >= 4 is 11.6 Å². The van der Waals surface area contributed by atoms with Crippen LogP contribution in [0, 0.1) is 13.8 Å². The molecule has 0 bridgehead atoms. The van der Waals surface area contributed by atoms with Crippen LogP contribution in [0.2, 0.25) is 5.02 Å². The van der Waals surface area contributed by atoms with Crippen molar-refractivity contribution in [3.63, 3.8) is 0 Å². The van der Waals surface area contributed by atoms with Gasteiger partial charge in [0.1, 0.15) is 0 Å². The van der Waals surface area contributed by atoms with Crippen LogP contribution in [0.15, 0.2) is 36.4 Å². The van der Waals surface area contributed by atoms with Crippen molar-refractivity contribution in [2.75, 3.05) is 7.05 Å². The smallest absolute Gasteiger partial charge is 0.0589 e. The summed E-state index contributed by atoms with van der Waals surface area (Å²) in [6.07, 6.45) is 1.06. The minimum atomic E-state index is 0.132. The second-order valence-electron chi connectivity index (χ2n) is 5.27. The van der Waals surface area contributed by atoms with Gasteiger partial charge in [0, 0.05) is 5.02 Å². The van der Waals surface area contributed by atoms with E-state index in [0.29, 0.717) is 0 Å². The Labute approximate surface area is 127 Å². The number of rotatable bonds is 4. The van der Waals surface area contributed by atoms with Crippen LogP contribution in [0.1, 0.15) is 40.8 Å². The van der Waals surface area contributed by atoms with E-state index in [2.05, 4.69) is 62.5 Å². The van der Waals surface area contributed by atoms with Gasteiger partial charge in [-0.25, -0.2) is 0 Å². The number of aryl methyl sites for hydroxylation is 3. The van der Waals surface area contributed by atoms with Crippen LogP contribution < -0.4 is 5.32 Å². The fraction of sp³-hybridized carbons (Fsp3) is 0.333. The molecule has 1 N–H and O–H groups in total. The lowest BCUT2D eigenvalue weighted by molar-refractivity contribution is 0.691. The number of benzene rings is 2. The quantitative estimate of drug-likeness (QED) is 0.849. The van der Waals surface area contributed by atoms with E-state index in [1.165, 1.54) is 22.3 Å². The molecule has 0 aliphatic carbocycles. The highest BCUT2D eigenvalue weighted by Crippen LogP contribution is 2.30. The SMILES string of the molecule is CCc1ccc(C(NC)c2cc(C)c(C)cc2Cl)cc1. The number of nitrogens with one attached hydrogen (secondary N) is 1. The van der Waals surface area contributed by atoms with Gasteiger partial charge in [0.25, 0.3) is 0 Å². The zero-order valence-electron chi connectivity index (χ0n) is 12.6. The lowest BCUT2D eigenvalue weighted by atomic mass is 9.95. The van der Waals surface area contributed by atoms with Crippen LogP contribution in [0.4, 0.5) is 0 Å². The molecule has 1 atom stereocenters. The molecule has 0 fully saturated rings. The van der Waals surface area contributed by atoms with E-state index < -0.39 is 0 Å². The van der Waals surface area contributed by atoms with E-state index in [1.807, 2.05) is 7.05 Å². The molecule has 20 heavy (non-hydrogen) atoms. The fourth-order valence-electron chi connectivity index (χ4n) is 2.47. The highest BCUT2D eigenvalue weighted by Gasteiger charge is 2.16. The third kappa shape index (κ3) is 3.05. The Balaban J connectivity index is 2.43. The van der Waals surface area contributed by atoms with Gasteiger partial charge < -0.3 is 5.32 Å². The lowest BCUT2D eigenvalue weighted by Crippen LogP contribution is -2.18. The van der Waals surface area contributed by atoms with Gasteiger partial charge in [-0.2, -0.15) is 0 Å². The number of halogens is 1. The standard InChI is InChI=1S/C18H22ClN/c1-5-14-6-8-15(9-7-14)18(20-4)16-10-12(2)13(3)11-17(16)19/h6-11,18,20H,5H2,1-4H3. The molecule has 0 radical (unpaired) electrons. The van der Waals surface area contributed by atoms with Gasteiger partial charge in [-0.3, -0.25) is 0 Å². The first kappa shape index (κ1) is 15.1. The Bertz CT molecular complexity index is 587. The summed E-state index contributed by atoms with van der Waals surface area (Å²) in [7, 11) is 1.98. The van der Waals surface area contributed by atoms with Crippen LogP contribution in [-0.4, -0.2) is 7.05 Å². The van der Waals surface area contributed by atoms with Gasteiger partial charge in [0.15, 0.2) is 0 Å². The molecule has 1 unspecified atom stereocenters. The molecule has 2 heteroatoms.